The number of rotatable bonds is 5. The third kappa shape index (κ3) is 3.63. The topological polar surface area (TPSA) is 67.6 Å². The van der Waals surface area contributed by atoms with E-state index in [4.69, 9.17) is 5.73 Å². The van der Waals surface area contributed by atoms with Gasteiger partial charge in [0.25, 0.3) is 0 Å². The van der Waals surface area contributed by atoms with E-state index in [9.17, 15) is 4.79 Å². The van der Waals surface area contributed by atoms with E-state index in [1.165, 1.54) is 7.11 Å². The van der Waals surface area contributed by atoms with E-state index >= 15 is 0 Å². The predicted molar refractivity (Wildman–Crippen MR) is 73.8 cm³/mol. The minimum atomic E-state index is -0.362. The Morgan fingerprint density at radius 3 is 2.72 bits per heavy atom. The summed E-state index contributed by atoms with van der Waals surface area (Å²) in [6.45, 7) is 2.86. The molecule has 0 spiro atoms. The van der Waals surface area contributed by atoms with E-state index in [-0.39, 0.29) is 5.97 Å². The summed E-state index contributed by atoms with van der Waals surface area (Å²) in [5, 5.41) is 3.24. The number of likely N-dealkylation sites (N-methyl/N-ethyl adjacent to an activating group) is 1. The Kier molecular flexibility index (Phi) is 4.97. The molecule has 0 bridgehead atoms. The predicted octanol–water partition coefficient (Wildman–Crippen LogP) is 1.42. The molecule has 1 unspecified atom stereocenters. The smallest absolute Gasteiger partial charge is 0.337 e. The fourth-order valence-corrected chi connectivity index (χ4v) is 1.39. The van der Waals surface area contributed by atoms with Crippen molar-refractivity contribution in [2.24, 2.45) is 0 Å². The van der Waals surface area contributed by atoms with Crippen LogP contribution in [0.25, 0.3) is 0 Å². The number of nitrogens with one attached hydrogen (secondary N) is 1. The highest BCUT2D eigenvalue weighted by atomic mass is 16.5. The van der Waals surface area contributed by atoms with E-state index in [2.05, 4.69) is 21.9 Å². The molecule has 3 N–H and O–H groups in total. The molecule has 1 atom stereocenters. The number of esters is 1. The molecule has 0 saturated carbocycles. The number of anilines is 2. The summed E-state index contributed by atoms with van der Waals surface area (Å²) in [7, 11) is 5.39. The molecular weight excluding hydrogens is 230 g/mol. The number of carbonyl (C=O) groups is 1. The first-order valence-corrected chi connectivity index (χ1v) is 5.83. The summed E-state index contributed by atoms with van der Waals surface area (Å²) < 4.78 is 4.68. The van der Waals surface area contributed by atoms with Gasteiger partial charge in [-0.1, -0.05) is 0 Å². The molecule has 100 valence electrons. The molecule has 1 aromatic rings. The van der Waals surface area contributed by atoms with Gasteiger partial charge >= 0.3 is 5.97 Å². The molecule has 18 heavy (non-hydrogen) atoms. The fraction of sp³-hybridized carbons (Fsp3) is 0.462. The van der Waals surface area contributed by atoms with E-state index in [0.717, 1.165) is 12.2 Å². The Balaban J connectivity index is 2.78. The van der Waals surface area contributed by atoms with Crippen LogP contribution >= 0.6 is 0 Å². The number of hydrogen-bond acceptors (Lipinski definition) is 5. The van der Waals surface area contributed by atoms with E-state index in [0.29, 0.717) is 17.3 Å². The molecule has 0 amide bonds. The lowest BCUT2D eigenvalue weighted by molar-refractivity contribution is 0.0601. The van der Waals surface area contributed by atoms with Gasteiger partial charge in [-0.15, -0.1) is 0 Å². The van der Waals surface area contributed by atoms with Crippen molar-refractivity contribution in [3.63, 3.8) is 0 Å². The molecule has 0 aromatic heterocycles. The largest absolute Gasteiger partial charge is 0.465 e. The van der Waals surface area contributed by atoms with Crippen LogP contribution in [-0.2, 0) is 4.74 Å². The fourth-order valence-electron chi connectivity index (χ4n) is 1.39. The van der Waals surface area contributed by atoms with Crippen LogP contribution in [0.4, 0.5) is 11.4 Å². The van der Waals surface area contributed by atoms with Crippen LogP contribution < -0.4 is 11.1 Å². The van der Waals surface area contributed by atoms with Crippen LogP contribution in [-0.4, -0.2) is 44.7 Å². The first-order valence-electron chi connectivity index (χ1n) is 5.83. The van der Waals surface area contributed by atoms with Crippen LogP contribution in [0, 0.1) is 0 Å². The van der Waals surface area contributed by atoms with Crippen LogP contribution in [0.15, 0.2) is 18.2 Å². The first kappa shape index (κ1) is 14.3. The number of carbonyl (C=O) groups excluding carboxylic acids is 1. The second-order valence-corrected chi connectivity index (χ2v) is 4.49. The SMILES string of the molecule is COC(=O)c1ccc(N)c(NCC(C)N(C)C)c1. The summed E-state index contributed by atoms with van der Waals surface area (Å²) >= 11 is 0. The summed E-state index contributed by atoms with van der Waals surface area (Å²) in [6, 6.07) is 5.44. The Morgan fingerprint density at radius 2 is 2.17 bits per heavy atom. The van der Waals surface area contributed by atoms with E-state index in [1.807, 2.05) is 14.1 Å². The minimum absolute atomic E-state index is 0.362. The maximum Gasteiger partial charge on any atom is 0.337 e. The summed E-state index contributed by atoms with van der Waals surface area (Å²) in [4.78, 5) is 13.5. The second-order valence-electron chi connectivity index (χ2n) is 4.49. The normalized spacial score (nSPS) is 12.3. The van der Waals surface area contributed by atoms with Crippen LogP contribution in [0.2, 0.25) is 0 Å². The van der Waals surface area contributed by atoms with Crippen molar-refractivity contribution in [1.29, 1.82) is 0 Å². The monoisotopic (exact) mass is 251 g/mol. The molecule has 0 fully saturated rings. The van der Waals surface area contributed by atoms with Gasteiger partial charge in [-0.05, 0) is 39.2 Å². The van der Waals surface area contributed by atoms with Crippen molar-refractivity contribution in [1.82, 2.24) is 4.90 Å². The lowest BCUT2D eigenvalue weighted by atomic mass is 10.1. The van der Waals surface area contributed by atoms with Gasteiger partial charge in [0.2, 0.25) is 0 Å². The molecule has 0 radical (unpaired) electrons. The van der Waals surface area contributed by atoms with Crippen LogP contribution in [0.3, 0.4) is 0 Å². The Bertz CT molecular complexity index is 419. The molecule has 1 aromatic carbocycles. The van der Waals surface area contributed by atoms with E-state index < -0.39 is 0 Å². The number of benzene rings is 1. The van der Waals surface area contributed by atoms with Gasteiger partial charge in [0.05, 0.1) is 24.0 Å². The molecule has 1 rings (SSSR count). The van der Waals surface area contributed by atoms with Crippen molar-refractivity contribution in [2.75, 3.05) is 38.8 Å². The third-order valence-corrected chi connectivity index (χ3v) is 2.94. The molecule has 0 heterocycles. The number of nitrogens with two attached hydrogens (primary N) is 1. The zero-order valence-electron chi connectivity index (χ0n) is 11.4. The van der Waals surface area contributed by atoms with Gasteiger partial charge in [0, 0.05) is 12.6 Å². The minimum Gasteiger partial charge on any atom is -0.465 e. The van der Waals surface area contributed by atoms with Gasteiger partial charge in [-0.3, -0.25) is 0 Å². The maximum atomic E-state index is 11.4. The Morgan fingerprint density at radius 1 is 1.50 bits per heavy atom. The van der Waals surface area contributed by atoms with Crippen molar-refractivity contribution in [3.05, 3.63) is 23.8 Å². The third-order valence-electron chi connectivity index (χ3n) is 2.94. The van der Waals surface area contributed by atoms with Crippen molar-refractivity contribution in [3.8, 4) is 0 Å². The molecule has 0 aliphatic carbocycles. The molecule has 5 nitrogen and oxygen atoms in total. The highest BCUT2D eigenvalue weighted by Crippen LogP contribution is 2.20. The zero-order valence-corrected chi connectivity index (χ0v) is 11.4. The van der Waals surface area contributed by atoms with Crippen molar-refractivity contribution in [2.45, 2.75) is 13.0 Å². The molecular formula is C13H21N3O2. The van der Waals surface area contributed by atoms with Crippen molar-refractivity contribution < 1.29 is 9.53 Å². The molecule has 0 saturated heterocycles. The molecule has 0 aliphatic rings. The average molecular weight is 251 g/mol. The van der Waals surface area contributed by atoms with Gasteiger partial charge in [0.15, 0.2) is 0 Å². The molecule has 0 aliphatic heterocycles. The number of hydrogen-bond donors (Lipinski definition) is 2. The van der Waals surface area contributed by atoms with Gasteiger partial charge in [-0.2, -0.15) is 0 Å². The number of methoxy groups -OCH3 is 1. The lowest BCUT2D eigenvalue weighted by Crippen LogP contribution is -2.31. The Hall–Kier alpha value is -1.75. The van der Waals surface area contributed by atoms with Gasteiger partial charge < -0.3 is 20.7 Å². The number of nitrogens with zero attached hydrogens (tertiary/aromatic N) is 1. The maximum absolute atomic E-state index is 11.4. The van der Waals surface area contributed by atoms with Crippen LogP contribution in [0.5, 0.6) is 0 Å². The van der Waals surface area contributed by atoms with Crippen molar-refractivity contribution >= 4 is 17.3 Å². The summed E-state index contributed by atoms with van der Waals surface area (Å²) in [6.07, 6.45) is 0. The average Bonchev–Trinajstić information content (AvgIpc) is 2.36. The summed E-state index contributed by atoms with van der Waals surface area (Å²) in [5.74, 6) is -0.362. The van der Waals surface area contributed by atoms with Gasteiger partial charge in [-0.25, -0.2) is 4.79 Å². The second kappa shape index (κ2) is 6.26. The van der Waals surface area contributed by atoms with Crippen LogP contribution in [0.1, 0.15) is 17.3 Å². The zero-order chi connectivity index (χ0) is 13.7. The summed E-state index contributed by atoms with van der Waals surface area (Å²) in [5.41, 5.74) is 7.73. The van der Waals surface area contributed by atoms with E-state index in [1.54, 1.807) is 18.2 Å². The lowest BCUT2D eigenvalue weighted by Gasteiger charge is -2.21. The first-order chi connectivity index (χ1) is 8.45. The quantitative estimate of drug-likeness (QED) is 0.612. The standard InChI is InChI=1S/C13H21N3O2/c1-9(16(2)3)8-15-12-7-10(13(17)18-4)5-6-11(12)14/h5-7,9,15H,8,14H2,1-4H3. The van der Waals surface area contributed by atoms with Gasteiger partial charge in [0.1, 0.15) is 0 Å². The Labute approximate surface area is 108 Å². The highest BCUT2D eigenvalue weighted by Gasteiger charge is 2.10. The number of ether oxygens (including phenoxy) is 1. The molecule has 5 heteroatoms. The highest BCUT2D eigenvalue weighted by molar-refractivity contribution is 5.91. The number of nitrogen functional groups attached to an aromatic ring is 1.